The highest BCUT2D eigenvalue weighted by Crippen LogP contribution is 2.33. The van der Waals surface area contributed by atoms with Crippen LogP contribution in [0.5, 0.6) is 0 Å². The molecule has 1 aliphatic rings. The molecule has 1 aliphatic carbocycles. The van der Waals surface area contributed by atoms with Gasteiger partial charge in [-0.3, -0.25) is 4.79 Å². The van der Waals surface area contributed by atoms with Crippen LogP contribution in [0.15, 0.2) is 12.2 Å². The lowest BCUT2D eigenvalue weighted by atomic mass is 10.2. The Balaban J connectivity index is 2.40. The second-order valence-electron chi connectivity index (χ2n) is 2.47. The molecule has 0 aromatic rings. The maximum Gasteiger partial charge on any atom is 0.241 e. The molecule has 0 radical (unpaired) electrons. The van der Waals surface area contributed by atoms with Gasteiger partial charge in [0.25, 0.3) is 0 Å². The van der Waals surface area contributed by atoms with Gasteiger partial charge < -0.3 is 11.5 Å². The van der Waals surface area contributed by atoms with Gasteiger partial charge in [-0.05, 0) is 12.8 Å². The average molecular weight is 126 g/mol. The van der Waals surface area contributed by atoms with E-state index in [2.05, 4.69) is 0 Å². The highest BCUT2D eigenvalue weighted by molar-refractivity contribution is 5.86. The second kappa shape index (κ2) is 1.84. The van der Waals surface area contributed by atoms with E-state index in [1.165, 1.54) is 6.08 Å². The minimum atomic E-state index is -0.424. The van der Waals surface area contributed by atoms with Gasteiger partial charge >= 0.3 is 0 Å². The fraction of sp³-hybridized carbons (Fsp3) is 0.500. The van der Waals surface area contributed by atoms with Crippen LogP contribution in [0.4, 0.5) is 0 Å². The highest BCUT2D eigenvalue weighted by Gasteiger charge is 2.34. The van der Waals surface area contributed by atoms with Crippen molar-refractivity contribution in [3.05, 3.63) is 12.2 Å². The summed E-state index contributed by atoms with van der Waals surface area (Å²) in [7, 11) is 0. The van der Waals surface area contributed by atoms with Crippen LogP contribution in [0, 0.1) is 0 Å². The normalized spacial score (nSPS) is 22.3. The van der Waals surface area contributed by atoms with Crippen molar-refractivity contribution in [1.29, 1.82) is 0 Å². The SMILES string of the molecule is NC(=O)/C=C/C1(N)CC1. The van der Waals surface area contributed by atoms with Crippen molar-refractivity contribution in [1.82, 2.24) is 0 Å². The van der Waals surface area contributed by atoms with Crippen LogP contribution in [0.1, 0.15) is 12.8 Å². The molecule has 4 N–H and O–H groups in total. The molecule has 3 heteroatoms. The molecule has 1 fully saturated rings. The Hall–Kier alpha value is -0.830. The van der Waals surface area contributed by atoms with Crippen molar-refractivity contribution in [3.8, 4) is 0 Å². The number of hydrogen-bond acceptors (Lipinski definition) is 2. The molecule has 0 heterocycles. The molecular weight excluding hydrogens is 116 g/mol. The predicted molar refractivity (Wildman–Crippen MR) is 34.5 cm³/mol. The van der Waals surface area contributed by atoms with Crippen molar-refractivity contribution < 1.29 is 4.79 Å². The van der Waals surface area contributed by atoms with Gasteiger partial charge in [-0.25, -0.2) is 0 Å². The van der Waals surface area contributed by atoms with Crippen LogP contribution in [-0.4, -0.2) is 11.4 Å². The van der Waals surface area contributed by atoms with E-state index in [1.54, 1.807) is 6.08 Å². The van der Waals surface area contributed by atoms with E-state index < -0.39 is 5.91 Å². The minimum Gasteiger partial charge on any atom is -0.366 e. The van der Waals surface area contributed by atoms with Crippen molar-refractivity contribution in [2.45, 2.75) is 18.4 Å². The third kappa shape index (κ3) is 1.85. The summed E-state index contributed by atoms with van der Waals surface area (Å²) in [6, 6.07) is 0. The molecule has 0 bridgehead atoms. The first-order chi connectivity index (χ1) is 4.12. The fourth-order valence-electron chi connectivity index (χ4n) is 0.559. The van der Waals surface area contributed by atoms with Crippen molar-refractivity contribution in [3.63, 3.8) is 0 Å². The van der Waals surface area contributed by atoms with Crippen LogP contribution >= 0.6 is 0 Å². The Bertz CT molecular complexity index is 158. The number of carbonyl (C=O) groups is 1. The quantitative estimate of drug-likeness (QED) is 0.490. The topological polar surface area (TPSA) is 69.1 Å². The van der Waals surface area contributed by atoms with E-state index in [-0.39, 0.29) is 5.54 Å². The van der Waals surface area contributed by atoms with Crippen LogP contribution in [0.25, 0.3) is 0 Å². The summed E-state index contributed by atoms with van der Waals surface area (Å²) in [5.41, 5.74) is 10.2. The summed E-state index contributed by atoms with van der Waals surface area (Å²) in [6.45, 7) is 0. The number of hydrogen-bond donors (Lipinski definition) is 2. The zero-order chi connectivity index (χ0) is 6.91. The molecule has 0 atom stereocenters. The second-order valence-corrected chi connectivity index (χ2v) is 2.47. The molecular formula is C6H10N2O. The highest BCUT2D eigenvalue weighted by atomic mass is 16.1. The van der Waals surface area contributed by atoms with Gasteiger partial charge in [-0.2, -0.15) is 0 Å². The molecule has 0 spiro atoms. The number of nitrogens with two attached hydrogens (primary N) is 2. The van der Waals surface area contributed by atoms with Crippen molar-refractivity contribution in [2.75, 3.05) is 0 Å². The van der Waals surface area contributed by atoms with Crippen LogP contribution in [0.2, 0.25) is 0 Å². The largest absolute Gasteiger partial charge is 0.366 e. The number of rotatable bonds is 2. The van der Waals surface area contributed by atoms with E-state index in [9.17, 15) is 4.79 Å². The first-order valence-corrected chi connectivity index (χ1v) is 2.90. The molecule has 1 amide bonds. The molecule has 1 rings (SSSR count). The van der Waals surface area contributed by atoms with Gasteiger partial charge in [0.15, 0.2) is 0 Å². The molecule has 0 aliphatic heterocycles. The summed E-state index contributed by atoms with van der Waals surface area (Å²) in [6.07, 6.45) is 4.94. The lowest BCUT2D eigenvalue weighted by Gasteiger charge is -1.95. The third-order valence-electron chi connectivity index (χ3n) is 1.41. The molecule has 0 aromatic heterocycles. The fourth-order valence-corrected chi connectivity index (χ4v) is 0.559. The Morgan fingerprint density at radius 3 is 2.44 bits per heavy atom. The van der Waals surface area contributed by atoms with Crippen LogP contribution in [0.3, 0.4) is 0 Å². The summed E-state index contributed by atoms with van der Waals surface area (Å²) >= 11 is 0. The van der Waals surface area contributed by atoms with Gasteiger partial charge in [-0.15, -0.1) is 0 Å². The van der Waals surface area contributed by atoms with E-state index in [1.807, 2.05) is 0 Å². The van der Waals surface area contributed by atoms with E-state index in [0.29, 0.717) is 0 Å². The molecule has 3 nitrogen and oxygen atoms in total. The van der Waals surface area contributed by atoms with Crippen molar-refractivity contribution >= 4 is 5.91 Å². The van der Waals surface area contributed by atoms with Gasteiger partial charge in [0.2, 0.25) is 5.91 Å². The molecule has 50 valence electrons. The maximum absolute atomic E-state index is 10.2. The van der Waals surface area contributed by atoms with Crippen LogP contribution < -0.4 is 11.5 Å². The minimum absolute atomic E-state index is 0.199. The summed E-state index contributed by atoms with van der Waals surface area (Å²) in [5, 5.41) is 0. The number of amides is 1. The van der Waals surface area contributed by atoms with E-state index in [0.717, 1.165) is 12.8 Å². The molecule has 9 heavy (non-hydrogen) atoms. The van der Waals surface area contributed by atoms with Gasteiger partial charge in [0.1, 0.15) is 0 Å². The first kappa shape index (κ1) is 6.29. The standard InChI is InChI=1S/C6H10N2O/c7-5(9)1-2-6(8)3-4-6/h1-2H,3-4,8H2,(H2,7,9)/b2-1+. The van der Waals surface area contributed by atoms with E-state index >= 15 is 0 Å². The molecule has 0 saturated heterocycles. The summed E-state index contributed by atoms with van der Waals surface area (Å²) in [4.78, 5) is 10.2. The maximum atomic E-state index is 10.2. The molecule has 0 unspecified atom stereocenters. The average Bonchev–Trinajstić information content (AvgIpc) is 2.45. The van der Waals surface area contributed by atoms with Gasteiger partial charge in [-0.1, -0.05) is 6.08 Å². The molecule has 0 aromatic carbocycles. The Labute approximate surface area is 53.7 Å². The van der Waals surface area contributed by atoms with Gasteiger partial charge in [0, 0.05) is 11.6 Å². The van der Waals surface area contributed by atoms with E-state index in [4.69, 9.17) is 11.5 Å². The number of carbonyl (C=O) groups excluding carboxylic acids is 1. The Kier molecular flexibility index (Phi) is 1.29. The molecule has 1 saturated carbocycles. The van der Waals surface area contributed by atoms with Gasteiger partial charge in [0.05, 0.1) is 0 Å². The Morgan fingerprint density at radius 1 is 1.56 bits per heavy atom. The summed E-state index contributed by atoms with van der Waals surface area (Å²) in [5.74, 6) is -0.424. The number of primary amides is 1. The predicted octanol–water partition coefficient (Wildman–Crippen LogP) is -0.481. The van der Waals surface area contributed by atoms with Crippen molar-refractivity contribution in [2.24, 2.45) is 11.5 Å². The zero-order valence-corrected chi connectivity index (χ0v) is 5.13. The Morgan fingerprint density at radius 2 is 2.11 bits per heavy atom. The summed E-state index contributed by atoms with van der Waals surface area (Å²) < 4.78 is 0. The third-order valence-corrected chi connectivity index (χ3v) is 1.41. The monoisotopic (exact) mass is 126 g/mol. The zero-order valence-electron chi connectivity index (χ0n) is 5.13. The smallest absolute Gasteiger partial charge is 0.241 e. The lowest BCUT2D eigenvalue weighted by molar-refractivity contribution is -0.113. The van der Waals surface area contributed by atoms with Crippen LogP contribution in [-0.2, 0) is 4.79 Å². The first-order valence-electron chi connectivity index (χ1n) is 2.90. The lowest BCUT2D eigenvalue weighted by Crippen LogP contribution is -2.19.